The first-order valence-corrected chi connectivity index (χ1v) is 10.7. The fourth-order valence-electron chi connectivity index (χ4n) is 3.65. The summed E-state index contributed by atoms with van der Waals surface area (Å²) in [5, 5.41) is 8.88. The van der Waals surface area contributed by atoms with E-state index in [4.69, 9.17) is 0 Å². The molecule has 0 bridgehead atoms. The van der Waals surface area contributed by atoms with Gasteiger partial charge in [0.1, 0.15) is 29.9 Å². The van der Waals surface area contributed by atoms with Gasteiger partial charge in [0, 0.05) is 43.0 Å². The fraction of sp³-hybridized carbons (Fsp3) is 0.261. The van der Waals surface area contributed by atoms with E-state index in [1.165, 1.54) is 12.4 Å². The van der Waals surface area contributed by atoms with E-state index in [1.54, 1.807) is 25.2 Å². The van der Waals surface area contributed by atoms with E-state index in [0.29, 0.717) is 12.1 Å². The summed E-state index contributed by atoms with van der Waals surface area (Å²) in [5.41, 5.74) is 8.22. The van der Waals surface area contributed by atoms with Gasteiger partial charge in [-0.2, -0.15) is 0 Å². The number of aromatic nitrogens is 2. The monoisotopic (exact) mass is 468 g/mol. The molecule has 5 N–H and O–H groups in total. The quantitative estimate of drug-likeness (QED) is 0.343. The predicted octanol–water partition coefficient (Wildman–Crippen LogP) is 2.20. The van der Waals surface area contributed by atoms with Crippen LogP contribution in [-0.4, -0.2) is 47.6 Å². The number of hydrazine groups is 1. The maximum atomic E-state index is 13.8. The molecule has 1 fully saturated rings. The van der Waals surface area contributed by atoms with Crippen molar-refractivity contribution in [1.29, 1.82) is 0 Å². The summed E-state index contributed by atoms with van der Waals surface area (Å²) in [6.07, 6.45) is 1.32. The Kier molecular flexibility index (Phi) is 7.26. The Bertz CT molecular complexity index is 1140. The molecular weight excluding hydrogens is 442 g/mol. The molecule has 1 saturated heterocycles. The van der Waals surface area contributed by atoms with Gasteiger partial charge < -0.3 is 16.0 Å². The summed E-state index contributed by atoms with van der Waals surface area (Å²) < 4.78 is 27.6. The third kappa shape index (κ3) is 5.28. The van der Waals surface area contributed by atoms with Gasteiger partial charge >= 0.3 is 0 Å². The summed E-state index contributed by atoms with van der Waals surface area (Å²) in [4.78, 5) is 23.1. The molecule has 0 aliphatic carbocycles. The maximum absolute atomic E-state index is 13.8. The van der Waals surface area contributed by atoms with Gasteiger partial charge in [0.25, 0.3) is 5.91 Å². The first kappa shape index (κ1) is 23.5. The SMILES string of the molecule is CNc1cc(C2NNC(CNc3cccc(C(=O)NCc4c(F)cccc4F)c3)N2C)ncn1. The normalized spacial score (nSPS) is 18.0. The zero-order valence-electron chi connectivity index (χ0n) is 18.8. The van der Waals surface area contributed by atoms with Crippen LogP contribution in [-0.2, 0) is 6.54 Å². The number of nitrogens with one attached hydrogen (secondary N) is 5. The van der Waals surface area contributed by atoms with Crippen LogP contribution in [0.1, 0.15) is 27.8 Å². The van der Waals surface area contributed by atoms with Crippen LogP contribution in [0.15, 0.2) is 54.9 Å². The number of carbonyl (C=O) groups excluding carboxylic acids is 1. The zero-order chi connectivity index (χ0) is 24.1. The van der Waals surface area contributed by atoms with E-state index >= 15 is 0 Å². The second kappa shape index (κ2) is 10.5. The highest BCUT2D eigenvalue weighted by Gasteiger charge is 2.31. The number of nitrogens with zero attached hydrogens (tertiary/aromatic N) is 3. The molecule has 2 unspecified atom stereocenters. The Hall–Kier alpha value is -3.67. The molecule has 1 aliphatic rings. The number of carbonyl (C=O) groups is 1. The van der Waals surface area contributed by atoms with E-state index in [1.807, 2.05) is 19.2 Å². The smallest absolute Gasteiger partial charge is 0.251 e. The van der Waals surface area contributed by atoms with Crippen molar-refractivity contribution in [2.24, 2.45) is 0 Å². The van der Waals surface area contributed by atoms with Crippen molar-refractivity contribution in [2.45, 2.75) is 18.9 Å². The molecule has 0 spiro atoms. The molecule has 3 aromatic rings. The van der Waals surface area contributed by atoms with Crippen molar-refractivity contribution in [1.82, 2.24) is 31.0 Å². The number of hydrogen-bond donors (Lipinski definition) is 5. The van der Waals surface area contributed by atoms with Crippen LogP contribution < -0.4 is 26.8 Å². The predicted molar refractivity (Wildman–Crippen MR) is 125 cm³/mol. The van der Waals surface area contributed by atoms with Crippen molar-refractivity contribution in [3.8, 4) is 0 Å². The molecule has 0 radical (unpaired) electrons. The molecule has 2 heterocycles. The number of benzene rings is 2. The van der Waals surface area contributed by atoms with Crippen LogP contribution in [0.5, 0.6) is 0 Å². The first-order chi connectivity index (χ1) is 16.5. The molecule has 2 atom stereocenters. The van der Waals surface area contributed by atoms with Gasteiger partial charge in [-0.1, -0.05) is 12.1 Å². The Balaban J connectivity index is 1.34. The van der Waals surface area contributed by atoms with Crippen molar-refractivity contribution in [3.05, 3.63) is 83.3 Å². The topological polar surface area (TPSA) is 106 Å². The molecule has 1 aliphatic heterocycles. The van der Waals surface area contributed by atoms with Gasteiger partial charge in [-0.25, -0.2) is 29.6 Å². The van der Waals surface area contributed by atoms with Gasteiger partial charge in [-0.15, -0.1) is 0 Å². The molecule has 1 amide bonds. The highest BCUT2D eigenvalue weighted by Crippen LogP contribution is 2.21. The molecule has 11 heteroatoms. The van der Waals surface area contributed by atoms with Crippen molar-refractivity contribution >= 4 is 17.4 Å². The molecule has 178 valence electrons. The molecule has 1 aromatic heterocycles. The van der Waals surface area contributed by atoms with Crippen LogP contribution in [0, 0.1) is 11.6 Å². The van der Waals surface area contributed by atoms with Gasteiger partial charge in [0.15, 0.2) is 0 Å². The van der Waals surface area contributed by atoms with Crippen LogP contribution in [0.2, 0.25) is 0 Å². The number of amides is 1. The molecule has 2 aromatic carbocycles. The lowest BCUT2D eigenvalue weighted by Crippen LogP contribution is -2.40. The molecule has 4 rings (SSSR count). The van der Waals surface area contributed by atoms with Crippen LogP contribution in [0.4, 0.5) is 20.3 Å². The summed E-state index contributed by atoms with van der Waals surface area (Å²) in [6, 6.07) is 12.4. The second-order valence-electron chi connectivity index (χ2n) is 7.80. The number of hydrogen-bond acceptors (Lipinski definition) is 8. The number of halogens is 2. The van der Waals surface area contributed by atoms with Crippen molar-refractivity contribution in [2.75, 3.05) is 31.3 Å². The van der Waals surface area contributed by atoms with Gasteiger partial charge in [-0.05, 0) is 37.4 Å². The largest absolute Gasteiger partial charge is 0.382 e. The average Bonchev–Trinajstić information content (AvgIpc) is 3.22. The lowest BCUT2D eigenvalue weighted by atomic mass is 10.1. The minimum atomic E-state index is -0.694. The van der Waals surface area contributed by atoms with E-state index in [-0.39, 0.29) is 24.4 Å². The van der Waals surface area contributed by atoms with E-state index in [2.05, 4.69) is 41.7 Å². The summed E-state index contributed by atoms with van der Waals surface area (Å²) in [7, 11) is 3.77. The van der Waals surface area contributed by atoms with E-state index < -0.39 is 17.5 Å². The second-order valence-corrected chi connectivity index (χ2v) is 7.80. The van der Waals surface area contributed by atoms with E-state index in [0.717, 1.165) is 29.3 Å². The summed E-state index contributed by atoms with van der Waals surface area (Å²) >= 11 is 0. The van der Waals surface area contributed by atoms with Crippen LogP contribution >= 0.6 is 0 Å². The van der Waals surface area contributed by atoms with Crippen molar-refractivity contribution < 1.29 is 13.6 Å². The standard InChI is InChI=1S/C23H26F2N8O/c1-26-20-10-19(29-13-30-20)22-32-31-21(33(22)2)12-27-15-6-3-5-14(9-15)23(34)28-11-16-17(24)7-4-8-18(16)25/h3-10,13,21-22,27,31-32H,11-12H2,1-2H3,(H,28,34)(H,26,29,30). The third-order valence-electron chi connectivity index (χ3n) is 5.62. The number of likely N-dealkylation sites (N-methyl/N-ethyl adjacent to an activating group) is 1. The highest BCUT2D eigenvalue weighted by molar-refractivity contribution is 5.95. The molecule has 34 heavy (non-hydrogen) atoms. The third-order valence-corrected chi connectivity index (χ3v) is 5.62. The minimum Gasteiger partial charge on any atom is -0.382 e. The lowest BCUT2D eigenvalue weighted by molar-refractivity contribution is 0.0950. The maximum Gasteiger partial charge on any atom is 0.251 e. The molecular formula is C23H26F2N8O. The summed E-state index contributed by atoms with van der Waals surface area (Å²) in [5.74, 6) is -1.08. The zero-order valence-corrected chi connectivity index (χ0v) is 18.8. The lowest BCUT2D eigenvalue weighted by Gasteiger charge is -2.23. The van der Waals surface area contributed by atoms with Gasteiger partial charge in [-0.3, -0.25) is 9.69 Å². The number of anilines is 2. The van der Waals surface area contributed by atoms with Gasteiger partial charge in [0.05, 0.1) is 11.9 Å². The fourth-order valence-corrected chi connectivity index (χ4v) is 3.65. The van der Waals surface area contributed by atoms with Gasteiger partial charge in [0.2, 0.25) is 0 Å². The minimum absolute atomic E-state index is 0.0560. The summed E-state index contributed by atoms with van der Waals surface area (Å²) in [6.45, 7) is 0.298. The highest BCUT2D eigenvalue weighted by atomic mass is 19.1. The van der Waals surface area contributed by atoms with Crippen LogP contribution in [0.3, 0.4) is 0 Å². The van der Waals surface area contributed by atoms with Crippen LogP contribution in [0.25, 0.3) is 0 Å². The Labute approximate surface area is 196 Å². The van der Waals surface area contributed by atoms with E-state index in [9.17, 15) is 13.6 Å². The Morgan fingerprint density at radius 3 is 2.62 bits per heavy atom. The Morgan fingerprint density at radius 2 is 1.85 bits per heavy atom. The molecule has 9 nitrogen and oxygen atoms in total. The van der Waals surface area contributed by atoms with Crippen molar-refractivity contribution in [3.63, 3.8) is 0 Å². The number of rotatable bonds is 8. The Morgan fingerprint density at radius 1 is 1.09 bits per heavy atom. The molecule has 0 saturated carbocycles. The first-order valence-electron chi connectivity index (χ1n) is 10.7. The average molecular weight is 469 g/mol.